The molecule has 2 heterocycles. The molecule has 1 saturated carbocycles. The van der Waals surface area contributed by atoms with Crippen LogP contribution in [0.1, 0.15) is 30.3 Å². The fourth-order valence-corrected chi connectivity index (χ4v) is 3.48. The molecule has 2 unspecified atom stereocenters. The van der Waals surface area contributed by atoms with Crippen LogP contribution in [0.5, 0.6) is 0 Å². The summed E-state index contributed by atoms with van der Waals surface area (Å²) >= 11 is 0. The Bertz CT molecular complexity index is 566. The molecule has 1 aliphatic carbocycles. The minimum Gasteiger partial charge on any atom is -0.348 e. The van der Waals surface area contributed by atoms with E-state index >= 15 is 0 Å². The van der Waals surface area contributed by atoms with Crippen LogP contribution in [0.25, 0.3) is 0 Å². The smallest absolute Gasteiger partial charge is 0.233 e. The summed E-state index contributed by atoms with van der Waals surface area (Å²) in [5.74, 6) is -0.480. The number of hydrogen-bond donors (Lipinski definition) is 0. The van der Waals surface area contributed by atoms with Gasteiger partial charge < -0.3 is 4.57 Å². The molecule has 2 aliphatic rings. The van der Waals surface area contributed by atoms with E-state index in [1.165, 1.54) is 0 Å². The van der Waals surface area contributed by atoms with Crippen molar-refractivity contribution in [3.63, 3.8) is 0 Å². The first-order valence-electron chi connectivity index (χ1n) is 6.98. The number of likely N-dealkylation sites (tertiary alicyclic amines) is 1. The Morgan fingerprint density at radius 2 is 1.85 bits per heavy atom. The first kappa shape index (κ1) is 13.1. The van der Waals surface area contributed by atoms with Gasteiger partial charge in [0.05, 0.1) is 24.1 Å². The lowest BCUT2D eigenvalue weighted by atomic mass is 10.00. The van der Waals surface area contributed by atoms with Crippen molar-refractivity contribution in [1.82, 2.24) is 9.47 Å². The third-order valence-corrected chi connectivity index (χ3v) is 4.50. The van der Waals surface area contributed by atoms with Gasteiger partial charge in [0.2, 0.25) is 11.8 Å². The Balaban J connectivity index is 1.76. The predicted octanol–water partition coefficient (Wildman–Crippen LogP) is 1.24. The molecule has 106 valence electrons. The Labute approximate surface area is 117 Å². The highest BCUT2D eigenvalue weighted by atomic mass is 16.2. The molecule has 0 spiro atoms. The summed E-state index contributed by atoms with van der Waals surface area (Å²) in [4.78, 5) is 37.9. The largest absolute Gasteiger partial charge is 0.348 e. The maximum Gasteiger partial charge on any atom is 0.233 e. The third-order valence-electron chi connectivity index (χ3n) is 4.50. The topological polar surface area (TPSA) is 59.4 Å². The summed E-state index contributed by atoms with van der Waals surface area (Å²) in [6, 6.07) is 3.48. The second-order valence-corrected chi connectivity index (χ2v) is 5.98. The zero-order valence-corrected chi connectivity index (χ0v) is 11.7. The lowest BCUT2D eigenvalue weighted by Crippen LogP contribution is -2.37. The SMILES string of the molecule is CC1CC2C(=O)N(CC(=O)c3cccn3C)C(=O)C2C1. The zero-order chi connectivity index (χ0) is 14.4. The minimum atomic E-state index is -0.196. The zero-order valence-electron chi connectivity index (χ0n) is 11.7. The van der Waals surface area contributed by atoms with Gasteiger partial charge in [-0.3, -0.25) is 19.3 Å². The first-order valence-corrected chi connectivity index (χ1v) is 6.98. The molecule has 0 bridgehead atoms. The average Bonchev–Trinajstić information content (AvgIpc) is 3.04. The van der Waals surface area contributed by atoms with Gasteiger partial charge in [-0.25, -0.2) is 0 Å². The number of imide groups is 1. The van der Waals surface area contributed by atoms with Crippen molar-refractivity contribution in [2.75, 3.05) is 6.54 Å². The lowest BCUT2D eigenvalue weighted by Gasteiger charge is -2.16. The average molecular weight is 274 g/mol. The maximum atomic E-state index is 12.3. The molecule has 3 rings (SSSR count). The molecule has 0 radical (unpaired) electrons. The van der Waals surface area contributed by atoms with Gasteiger partial charge in [-0.2, -0.15) is 0 Å². The summed E-state index contributed by atoms with van der Waals surface area (Å²) in [7, 11) is 1.78. The third kappa shape index (κ3) is 1.88. The molecule has 0 N–H and O–H groups in total. The summed E-state index contributed by atoms with van der Waals surface area (Å²) in [5, 5.41) is 0. The van der Waals surface area contributed by atoms with E-state index < -0.39 is 0 Å². The van der Waals surface area contributed by atoms with Crippen LogP contribution in [0, 0.1) is 17.8 Å². The van der Waals surface area contributed by atoms with E-state index in [9.17, 15) is 14.4 Å². The highest BCUT2D eigenvalue weighted by molar-refractivity contribution is 6.09. The number of Topliss-reactive ketones (excluding diaryl/α,β-unsaturated/α-hetero) is 1. The first-order chi connectivity index (χ1) is 9.49. The van der Waals surface area contributed by atoms with Gasteiger partial charge in [0, 0.05) is 13.2 Å². The molecule has 2 atom stereocenters. The molecule has 20 heavy (non-hydrogen) atoms. The second kappa shape index (κ2) is 4.58. The maximum absolute atomic E-state index is 12.3. The minimum absolute atomic E-state index is 0.128. The van der Waals surface area contributed by atoms with Crippen LogP contribution in [-0.4, -0.2) is 33.6 Å². The van der Waals surface area contributed by atoms with E-state index in [0.717, 1.165) is 17.7 Å². The van der Waals surface area contributed by atoms with Gasteiger partial charge in [-0.05, 0) is 30.9 Å². The predicted molar refractivity (Wildman–Crippen MR) is 71.8 cm³/mol. The molecular formula is C15H18N2O3. The monoisotopic (exact) mass is 274 g/mol. The number of carbonyl (C=O) groups excluding carboxylic acids is 3. The summed E-state index contributed by atoms with van der Waals surface area (Å²) in [6.45, 7) is 1.94. The van der Waals surface area contributed by atoms with Crippen molar-refractivity contribution in [2.45, 2.75) is 19.8 Å². The van der Waals surface area contributed by atoms with Crippen molar-refractivity contribution in [3.8, 4) is 0 Å². The molecule has 1 aromatic rings. The van der Waals surface area contributed by atoms with E-state index in [-0.39, 0.29) is 36.0 Å². The van der Waals surface area contributed by atoms with Crippen LogP contribution in [0.15, 0.2) is 18.3 Å². The van der Waals surface area contributed by atoms with Crippen molar-refractivity contribution < 1.29 is 14.4 Å². The summed E-state index contributed by atoms with van der Waals surface area (Å²) in [5.41, 5.74) is 0.524. The normalized spacial score (nSPS) is 29.1. The molecule has 1 saturated heterocycles. The Hall–Kier alpha value is -1.91. The van der Waals surface area contributed by atoms with E-state index in [2.05, 4.69) is 6.92 Å². The van der Waals surface area contributed by atoms with Crippen molar-refractivity contribution in [3.05, 3.63) is 24.0 Å². The molecule has 2 fully saturated rings. The molecule has 1 aromatic heterocycles. The number of aromatic nitrogens is 1. The van der Waals surface area contributed by atoms with Crippen LogP contribution in [0.4, 0.5) is 0 Å². The quantitative estimate of drug-likeness (QED) is 0.615. The molecule has 5 heteroatoms. The van der Waals surface area contributed by atoms with Crippen molar-refractivity contribution >= 4 is 17.6 Å². The molecule has 0 aromatic carbocycles. The molecule has 1 aliphatic heterocycles. The second-order valence-electron chi connectivity index (χ2n) is 5.98. The summed E-state index contributed by atoms with van der Waals surface area (Å²) in [6.07, 6.45) is 3.31. The van der Waals surface area contributed by atoms with E-state index in [0.29, 0.717) is 11.6 Å². The van der Waals surface area contributed by atoms with Crippen molar-refractivity contribution in [1.29, 1.82) is 0 Å². The van der Waals surface area contributed by atoms with Gasteiger partial charge in [0.15, 0.2) is 5.78 Å². The fourth-order valence-electron chi connectivity index (χ4n) is 3.48. The van der Waals surface area contributed by atoms with Crippen LogP contribution >= 0.6 is 0 Å². The standard InChI is InChI=1S/C15H18N2O3/c1-9-6-10-11(7-9)15(20)17(14(10)19)8-13(18)12-4-3-5-16(12)2/h3-5,9-11H,6-8H2,1-2H3. The van der Waals surface area contributed by atoms with Crippen LogP contribution in [0.2, 0.25) is 0 Å². The molecular weight excluding hydrogens is 256 g/mol. The Morgan fingerprint density at radius 3 is 2.35 bits per heavy atom. The Morgan fingerprint density at radius 1 is 1.25 bits per heavy atom. The number of hydrogen-bond acceptors (Lipinski definition) is 3. The number of aryl methyl sites for hydroxylation is 1. The van der Waals surface area contributed by atoms with Crippen LogP contribution in [0.3, 0.4) is 0 Å². The van der Waals surface area contributed by atoms with E-state index in [1.807, 2.05) is 0 Å². The molecule has 5 nitrogen and oxygen atoms in total. The lowest BCUT2D eigenvalue weighted by molar-refractivity contribution is -0.139. The van der Waals surface area contributed by atoms with Crippen molar-refractivity contribution in [2.24, 2.45) is 24.8 Å². The highest BCUT2D eigenvalue weighted by Crippen LogP contribution is 2.42. The number of nitrogens with zero attached hydrogens (tertiary/aromatic N) is 2. The van der Waals surface area contributed by atoms with Crippen LogP contribution in [-0.2, 0) is 16.6 Å². The van der Waals surface area contributed by atoms with Gasteiger partial charge >= 0.3 is 0 Å². The highest BCUT2D eigenvalue weighted by Gasteiger charge is 2.52. The van der Waals surface area contributed by atoms with Gasteiger partial charge in [0.25, 0.3) is 0 Å². The number of rotatable bonds is 3. The van der Waals surface area contributed by atoms with E-state index in [4.69, 9.17) is 0 Å². The van der Waals surface area contributed by atoms with Gasteiger partial charge in [-0.15, -0.1) is 0 Å². The Kier molecular flexibility index (Phi) is 3.00. The van der Waals surface area contributed by atoms with Gasteiger partial charge in [0.1, 0.15) is 0 Å². The number of fused-ring (bicyclic) bond motifs is 1. The van der Waals surface area contributed by atoms with Crippen LogP contribution < -0.4 is 0 Å². The number of amides is 2. The van der Waals surface area contributed by atoms with E-state index in [1.54, 1.807) is 29.9 Å². The molecule has 2 amide bonds. The van der Waals surface area contributed by atoms with Gasteiger partial charge in [-0.1, -0.05) is 6.92 Å². The summed E-state index contributed by atoms with van der Waals surface area (Å²) < 4.78 is 1.70. The number of carbonyl (C=O) groups is 3. The number of ketones is 1. The fraction of sp³-hybridized carbons (Fsp3) is 0.533.